The Labute approximate surface area is 174 Å². The van der Waals surface area contributed by atoms with Crippen molar-refractivity contribution < 1.29 is 19.0 Å². The molecule has 0 atom stereocenters. The lowest BCUT2D eigenvalue weighted by atomic mass is 9.68. The molecule has 3 fully saturated rings. The number of carbonyl (C=O) groups is 1. The van der Waals surface area contributed by atoms with Crippen molar-refractivity contribution >= 4 is 17.2 Å². The van der Waals surface area contributed by atoms with E-state index in [9.17, 15) is 4.79 Å². The monoisotopic (exact) mass is 408 g/mol. The van der Waals surface area contributed by atoms with Gasteiger partial charge >= 0.3 is 0 Å². The molecule has 8 nitrogen and oxygen atoms in total. The van der Waals surface area contributed by atoms with E-state index in [1.165, 1.54) is 7.11 Å². The van der Waals surface area contributed by atoms with Gasteiger partial charge in [0.05, 0.1) is 37.2 Å². The van der Waals surface area contributed by atoms with E-state index in [0.717, 1.165) is 24.2 Å². The average Bonchev–Trinajstić information content (AvgIpc) is 3.40. The first-order valence-corrected chi connectivity index (χ1v) is 10.1. The zero-order chi connectivity index (χ0) is 20.9. The molecule has 0 unspecified atom stereocenters. The lowest BCUT2D eigenvalue weighted by molar-refractivity contribution is 0.102. The number of hydrogen-bond donors (Lipinski definition) is 1. The third kappa shape index (κ3) is 3.08. The predicted molar refractivity (Wildman–Crippen MR) is 110 cm³/mol. The summed E-state index contributed by atoms with van der Waals surface area (Å²) in [6, 6.07) is 5.30. The second-order valence-electron chi connectivity index (χ2n) is 8.25. The quantitative estimate of drug-likeness (QED) is 0.674. The first-order valence-electron chi connectivity index (χ1n) is 10.1. The molecule has 30 heavy (non-hydrogen) atoms. The number of aromatic nitrogens is 3. The minimum atomic E-state index is -0.305. The third-order valence-electron chi connectivity index (χ3n) is 5.75. The van der Waals surface area contributed by atoms with Gasteiger partial charge in [-0.3, -0.25) is 4.79 Å². The highest BCUT2D eigenvalue weighted by Crippen LogP contribution is 2.51. The van der Waals surface area contributed by atoms with Crippen LogP contribution in [-0.2, 0) is 10.2 Å². The number of imidazole rings is 1. The van der Waals surface area contributed by atoms with Crippen molar-refractivity contribution in [1.29, 1.82) is 0 Å². The molecule has 6 rings (SSSR count). The normalized spacial score (nSPS) is 22.2. The molecule has 3 aromatic heterocycles. The van der Waals surface area contributed by atoms with E-state index in [4.69, 9.17) is 19.2 Å². The summed E-state index contributed by atoms with van der Waals surface area (Å²) in [6.45, 7) is 4.57. The Morgan fingerprint density at radius 3 is 2.90 bits per heavy atom. The van der Waals surface area contributed by atoms with Crippen LogP contribution in [0.25, 0.3) is 5.65 Å². The van der Waals surface area contributed by atoms with Gasteiger partial charge < -0.3 is 23.9 Å². The number of nitrogens with one attached hydrogen (secondary N) is 1. The average molecular weight is 408 g/mol. The molecule has 1 N–H and O–H groups in total. The largest absolute Gasteiger partial charge is 0.490 e. The number of pyridine rings is 2. The summed E-state index contributed by atoms with van der Waals surface area (Å²) in [5, 5.41) is 2.87. The van der Waals surface area contributed by atoms with Crippen molar-refractivity contribution in [3.8, 4) is 11.6 Å². The number of carbonyl (C=O) groups excluding carboxylic acids is 1. The van der Waals surface area contributed by atoms with Crippen LogP contribution in [0.5, 0.6) is 11.6 Å². The van der Waals surface area contributed by atoms with Gasteiger partial charge in [0.25, 0.3) is 5.91 Å². The number of nitrogens with zero attached hydrogens (tertiary/aromatic N) is 3. The summed E-state index contributed by atoms with van der Waals surface area (Å²) in [7, 11) is 1.52. The molecule has 0 spiro atoms. The van der Waals surface area contributed by atoms with Gasteiger partial charge in [0.1, 0.15) is 17.1 Å². The molecule has 2 aliphatic heterocycles. The molecule has 1 saturated carbocycles. The third-order valence-corrected chi connectivity index (χ3v) is 5.75. The van der Waals surface area contributed by atoms with Crippen LogP contribution >= 0.6 is 0 Å². The lowest BCUT2D eigenvalue weighted by Gasteiger charge is -2.33. The molecular weight excluding hydrogens is 384 g/mol. The van der Waals surface area contributed by atoms with E-state index in [0.29, 0.717) is 35.6 Å². The van der Waals surface area contributed by atoms with Crippen LogP contribution in [0, 0.1) is 0 Å². The molecule has 3 aromatic rings. The van der Waals surface area contributed by atoms with Gasteiger partial charge in [-0.05, 0) is 38.8 Å². The Morgan fingerprint density at radius 1 is 1.37 bits per heavy atom. The number of fused-ring (bicyclic) bond motifs is 2. The minimum Gasteiger partial charge on any atom is -0.490 e. The molecule has 5 heterocycles. The van der Waals surface area contributed by atoms with Gasteiger partial charge in [0.2, 0.25) is 5.88 Å². The van der Waals surface area contributed by atoms with Gasteiger partial charge in [0.15, 0.2) is 0 Å². The summed E-state index contributed by atoms with van der Waals surface area (Å²) in [5.74, 6) is 0.532. The number of amides is 1. The van der Waals surface area contributed by atoms with E-state index < -0.39 is 0 Å². The van der Waals surface area contributed by atoms with Crippen molar-refractivity contribution in [1.82, 2.24) is 14.4 Å². The molecule has 8 heteroatoms. The maximum atomic E-state index is 13.1. The van der Waals surface area contributed by atoms with Gasteiger partial charge in [-0.15, -0.1) is 0 Å². The van der Waals surface area contributed by atoms with Gasteiger partial charge in [-0.1, -0.05) is 0 Å². The van der Waals surface area contributed by atoms with E-state index in [1.807, 2.05) is 30.5 Å². The number of methoxy groups -OCH3 is 1. The molecule has 1 aliphatic carbocycles. The Morgan fingerprint density at radius 2 is 2.20 bits per heavy atom. The van der Waals surface area contributed by atoms with E-state index in [2.05, 4.69) is 10.3 Å². The van der Waals surface area contributed by atoms with Gasteiger partial charge in [-0.2, -0.15) is 0 Å². The van der Waals surface area contributed by atoms with Crippen molar-refractivity contribution in [3.63, 3.8) is 0 Å². The molecule has 0 aromatic carbocycles. The maximum absolute atomic E-state index is 13.1. The SMILES string of the molecule is COc1ncccc1NC(=O)c1cn2cc(C34COC(C3)C4)nc2cc1OC(C)C. The van der Waals surface area contributed by atoms with Crippen LogP contribution in [0.15, 0.2) is 36.8 Å². The van der Waals surface area contributed by atoms with Crippen LogP contribution in [0.4, 0.5) is 5.69 Å². The highest BCUT2D eigenvalue weighted by Gasteiger charge is 2.54. The molecule has 2 saturated heterocycles. The number of anilines is 1. The summed E-state index contributed by atoms with van der Waals surface area (Å²) < 4.78 is 18.8. The van der Waals surface area contributed by atoms with Crippen LogP contribution < -0.4 is 14.8 Å². The molecule has 156 valence electrons. The van der Waals surface area contributed by atoms with Crippen molar-refractivity contribution in [2.45, 2.75) is 44.3 Å². The van der Waals surface area contributed by atoms with E-state index in [-0.39, 0.29) is 17.4 Å². The summed E-state index contributed by atoms with van der Waals surface area (Å²) in [5.41, 5.74) is 2.69. The first kappa shape index (κ1) is 18.9. The van der Waals surface area contributed by atoms with Crippen molar-refractivity contribution in [3.05, 3.63) is 48.0 Å². The predicted octanol–water partition coefficient (Wildman–Crippen LogP) is 3.21. The Hall–Kier alpha value is -3.13. The molecule has 3 aliphatic rings. The molecule has 0 radical (unpaired) electrons. The fraction of sp³-hybridized carbons (Fsp3) is 0.409. The fourth-order valence-corrected chi connectivity index (χ4v) is 4.24. The molecular formula is C22H24N4O4. The second-order valence-corrected chi connectivity index (χ2v) is 8.25. The van der Waals surface area contributed by atoms with Crippen LogP contribution in [0.1, 0.15) is 42.7 Å². The van der Waals surface area contributed by atoms with Crippen LogP contribution in [-0.4, -0.2) is 46.2 Å². The Bertz CT molecular complexity index is 1110. The number of hydrogen-bond acceptors (Lipinski definition) is 6. The topological polar surface area (TPSA) is 87.0 Å². The van der Waals surface area contributed by atoms with E-state index >= 15 is 0 Å². The molecule has 2 bridgehead atoms. The van der Waals surface area contributed by atoms with Crippen molar-refractivity contribution in [2.24, 2.45) is 0 Å². The maximum Gasteiger partial charge on any atom is 0.261 e. The lowest BCUT2D eigenvalue weighted by Crippen LogP contribution is -2.37. The zero-order valence-electron chi connectivity index (χ0n) is 17.2. The van der Waals surface area contributed by atoms with Crippen molar-refractivity contribution in [2.75, 3.05) is 19.0 Å². The second kappa shape index (κ2) is 6.98. The summed E-state index contributed by atoms with van der Waals surface area (Å²) in [4.78, 5) is 22.1. The summed E-state index contributed by atoms with van der Waals surface area (Å²) in [6.07, 6.45) is 7.69. The zero-order valence-corrected chi connectivity index (χ0v) is 17.2. The van der Waals surface area contributed by atoms with Gasteiger partial charge in [-0.25, -0.2) is 9.97 Å². The standard InChI is InChI=1S/C22H24N4O4/c1-13(2)30-17-7-19-25-18(22-8-14(9-22)29-12-22)11-26(19)10-15(17)20(27)24-16-5-4-6-23-21(16)28-3/h4-7,10-11,13-14H,8-9,12H2,1-3H3,(H,24,27). The van der Waals surface area contributed by atoms with E-state index in [1.54, 1.807) is 24.5 Å². The summed E-state index contributed by atoms with van der Waals surface area (Å²) >= 11 is 0. The van der Waals surface area contributed by atoms with Crippen LogP contribution in [0.3, 0.4) is 0 Å². The smallest absolute Gasteiger partial charge is 0.261 e. The Balaban J connectivity index is 1.52. The molecule has 1 amide bonds. The Kier molecular flexibility index (Phi) is 4.39. The number of ether oxygens (including phenoxy) is 3. The fourth-order valence-electron chi connectivity index (χ4n) is 4.24. The first-order chi connectivity index (χ1) is 14.5. The number of rotatable bonds is 6. The van der Waals surface area contributed by atoms with Gasteiger partial charge in [0, 0.05) is 30.1 Å². The van der Waals surface area contributed by atoms with Crippen LogP contribution in [0.2, 0.25) is 0 Å². The minimum absolute atomic E-state index is 0.0151. The highest BCUT2D eigenvalue weighted by atomic mass is 16.5. The highest BCUT2D eigenvalue weighted by molar-refractivity contribution is 6.06.